The second kappa shape index (κ2) is 4.13. The van der Waals surface area contributed by atoms with Crippen molar-refractivity contribution in [1.82, 2.24) is 0 Å². The summed E-state index contributed by atoms with van der Waals surface area (Å²) >= 11 is 1.87. The lowest BCUT2D eigenvalue weighted by atomic mass is 10.0. The molecule has 1 unspecified atom stereocenters. The molecule has 1 atom stereocenters. The third kappa shape index (κ3) is 1.84. The minimum absolute atomic E-state index is 0.214. The molecule has 0 fully saturated rings. The van der Waals surface area contributed by atoms with Crippen LogP contribution in [0, 0.1) is 0 Å². The third-order valence-electron chi connectivity index (χ3n) is 3.03. The molecule has 0 aliphatic heterocycles. The van der Waals surface area contributed by atoms with Crippen LogP contribution in [0.3, 0.4) is 0 Å². The molecule has 0 aliphatic carbocycles. The second-order valence-corrected chi connectivity index (χ2v) is 5.63. The Morgan fingerprint density at radius 1 is 1.06 bits per heavy atom. The maximum atomic E-state index is 5.91. The Hall–Kier alpha value is -1.38. The Balaban J connectivity index is 2.31. The number of hydrogen-bond donors (Lipinski definition) is 1. The predicted molar refractivity (Wildman–Crippen MR) is 76.7 cm³/mol. The van der Waals surface area contributed by atoms with Crippen LogP contribution >= 0.6 is 11.3 Å². The van der Waals surface area contributed by atoms with E-state index in [2.05, 4.69) is 49.4 Å². The number of thiophene rings is 1. The predicted octanol–water partition coefficient (Wildman–Crippen LogP) is 3.94. The van der Waals surface area contributed by atoms with E-state index >= 15 is 0 Å². The van der Waals surface area contributed by atoms with E-state index in [0.29, 0.717) is 0 Å². The largest absolute Gasteiger partial charge is 0.328 e. The Kier molecular flexibility index (Phi) is 2.61. The van der Waals surface area contributed by atoms with E-state index in [9.17, 15) is 0 Å². The Morgan fingerprint density at radius 3 is 2.65 bits per heavy atom. The number of benzene rings is 2. The van der Waals surface area contributed by atoms with Gasteiger partial charge in [-0.15, -0.1) is 11.3 Å². The molecule has 2 aromatic carbocycles. The quantitative estimate of drug-likeness (QED) is 0.722. The van der Waals surface area contributed by atoms with Gasteiger partial charge in [-0.3, -0.25) is 0 Å². The van der Waals surface area contributed by atoms with Crippen molar-refractivity contribution in [2.75, 3.05) is 0 Å². The minimum atomic E-state index is 0.214. The zero-order valence-corrected chi connectivity index (χ0v) is 10.6. The van der Waals surface area contributed by atoms with Crippen LogP contribution in [0.4, 0.5) is 0 Å². The highest BCUT2D eigenvalue weighted by atomic mass is 32.1. The zero-order chi connectivity index (χ0) is 11.8. The fraction of sp³-hybridized carbons (Fsp3) is 0.200. The van der Waals surface area contributed by atoms with Gasteiger partial charge in [-0.05, 0) is 25.0 Å². The van der Waals surface area contributed by atoms with Crippen molar-refractivity contribution in [2.45, 2.75) is 19.4 Å². The van der Waals surface area contributed by atoms with E-state index in [-0.39, 0.29) is 6.04 Å². The molecule has 1 aromatic heterocycles. The van der Waals surface area contributed by atoms with Crippen molar-refractivity contribution >= 4 is 31.5 Å². The monoisotopic (exact) mass is 241 g/mol. The molecular weight excluding hydrogens is 226 g/mol. The molecule has 17 heavy (non-hydrogen) atoms. The molecular formula is C15H15NS. The van der Waals surface area contributed by atoms with E-state index < -0.39 is 0 Å². The molecule has 0 aliphatic rings. The van der Waals surface area contributed by atoms with Gasteiger partial charge in [0.05, 0.1) is 0 Å². The van der Waals surface area contributed by atoms with Crippen molar-refractivity contribution in [2.24, 2.45) is 5.73 Å². The van der Waals surface area contributed by atoms with Crippen LogP contribution < -0.4 is 5.73 Å². The van der Waals surface area contributed by atoms with Gasteiger partial charge in [-0.25, -0.2) is 0 Å². The fourth-order valence-electron chi connectivity index (χ4n) is 2.31. The van der Waals surface area contributed by atoms with Gasteiger partial charge in [-0.2, -0.15) is 0 Å². The van der Waals surface area contributed by atoms with Crippen LogP contribution in [0.1, 0.15) is 12.5 Å². The standard InChI is InChI=1S/C15H15NS/c1-10(16)9-11-5-4-7-13-12-6-2-3-8-14(12)17-15(11)13/h2-8,10H,9,16H2,1H3. The third-order valence-corrected chi connectivity index (χ3v) is 4.29. The summed E-state index contributed by atoms with van der Waals surface area (Å²) in [6.45, 7) is 2.06. The second-order valence-electron chi connectivity index (χ2n) is 4.57. The fourth-order valence-corrected chi connectivity index (χ4v) is 3.54. The summed E-state index contributed by atoms with van der Waals surface area (Å²) in [7, 11) is 0. The minimum Gasteiger partial charge on any atom is -0.328 e. The first-order chi connectivity index (χ1) is 8.25. The Morgan fingerprint density at radius 2 is 1.82 bits per heavy atom. The van der Waals surface area contributed by atoms with Crippen molar-refractivity contribution < 1.29 is 0 Å². The molecule has 2 N–H and O–H groups in total. The normalized spacial score (nSPS) is 13.3. The van der Waals surface area contributed by atoms with Gasteiger partial charge in [0.1, 0.15) is 0 Å². The maximum Gasteiger partial charge on any atom is 0.0387 e. The van der Waals surface area contributed by atoms with E-state index in [1.165, 1.54) is 25.7 Å². The Labute approximate surface area is 105 Å². The lowest BCUT2D eigenvalue weighted by Crippen LogP contribution is -2.17. The molecule has 3 rings (SSSR count). The van der Waals surface area contributed by atoms with Gasteiger partial charge in [0.2, 0.25) is 0 Å². The van der Waals surface area contributed by atoms with E-state index in [1.54, 1.807) is 0 Å². The van der Waals surface area contributed by atoms with Gasteiger partial charge >= 0.3 is 0 Å². The number of fused-ring (bicyclic) bond motifs is 3. The molecule has 0 radical (unpaired) electrons. The molecule has 86 valence electrons. The lowest BCUT2D eigenvalue weighted by molar-refractivity contribution is 0.742. The van der Waals surface area contributed by atoms with Crippen LogP contribution in [0.25, 0.3) is 20.2 Å². The number of nitrogens with two attached hydrogens (primary N) is 1. The van der Waals surface area contributed by atoms with Gasteiger partial charge in [0.15, 0.2) is 0 Å². The molecule has 3 aromatic rings. The van der Waals surface area contributed by atoms with E-state index in [4.69, 9.17) is 5.73 Å². The summed E-state index contributed by atoms with van der Waals surface area (Å²) in [5, 5.41) is 2.72. The van der Waals surface area contributed by atoms with Crippen LogP contribution in [0.2, 0.25) is 0 Å². The number of hydrogen-bond acceptors (Lipinski definition) is 2. The van der Waals surface area contributed by atoms with Gasteiger partial charge in [0, 0.05) is 26.2 Å². The summed E-state index contributed by atoms with van der Waals surface area (Å²) in [5.41, 5.74) is 7.29. The molecule has 0 bridgehead atoms. The van der Waals surface area contributed by atoms with Gasteiger partial charge in [0.25, 0.3) is 0 Å². The smallest absolute Gasteiger partial charge is 0.0387 e. The summed E-state index contributed by atoms with van der Waals surface area (Å²) in [6.07, 6.45) is 0.949. The zero-order valence-electron chi connectivity index (χ0n) is 9.81. The van der Waals surface area contributed by atoms with Crippen LogP contribution in [-0.4, -0.2) is 6.04 Å². The highest BCUT2D eigenvalue weighted by Gasteiger charge is 2.08. The summed E-state index contributed by atoms with van der Waals surface area (Å²) < 4.78 is 2.76. The molecule has 1 nitrogen and oxygen atoms in total. The van der Waals surface area contributed by atoms with Gasteiger partial charge in [-0.1, -0.05) is 36.4 Å². The van der Waals surface area contributed by atoms with Crippen LogP contribution in [-0.2, 0) is 6.42 Å². The van der Waals surface area contributed by atoms with Crippen molar-refractivity contribution in [3.63, 3.8) is 0 Å². The molecule has 1 heterocycles. The van der Waals surface area contributed by atoms with E-state index in [1.807, 2.05) is 11.3 Å². The Bertz CT molecular complexity index is 667. The molecule has 0 saturated heterocycles. The average molecular weight is 241 g/mol. The summed E-state index contributed by atoms with van der Waals surface area (Å²) in [4.78, 5) is 0. The SMILES string of the molecule is CC(N)Cc1cccc2c1sc1ccccc12. The highest BCUT2D eigenvalue weighted by Crippen LogP contribution is 2.35. The van der Waals surface area contributed by atoms with Crippen LogP contribution in [0.15, 0.2) is 42.5 Å². The molecule has 0 saturated carbocycles. The van der Waals surface area contributed by atoms with Gasteiger partial charge < -0.3 is 5.73 Å². The van der Waals surface area contributed by atoms with Crippen molar-refractivity contribution in [1.29, 1.82) is 0 Å². The molecule has 2 heteroatoms. The van der Waals surface area contributed by atoms with Crippen LogP contribution in [0.5, 0.6) is 0 Å². The van der Waals surface area contributed by atoms with E-state index in [0.717, 1.165) is 6.42 Å². The first-order valence-corrected chi connectivity index (χ1v) is 6.72. The lowest BCUT2D eigenvalue weighted by Gasteiger charge is -2.05. The molecule has 0 amide bonds. The first kappa shape index (κ1) is 10.8. The average Bonchev–Trinajstić information content (AvgIpc) is 2.68. The highest BCUT2D eigenvalue weighted by molar-refractivity contribution is 7.26. The summed E-state index contributed by atoms with van der Waals surface area (Å²) in [5.74, 6) is 0. The topological polar surface area (TPSA) is 26.0 Å². The maximum absolute atomic E-state index is 5.91. The van der Waals surface area contributed by atoms with Crippen molar-refractivity contribution in [3.8, 4) is 0 Å². The molecule has 0 spiro atoms. The van der Waals surface area contributed by atoms with Crippen molar-refractivity contribution in [3.05, 3.63) is 48.0 Å². The first-order valence-electron chi connectivity index (χ1n) is 5.90. The number of rotatable bonds is 2. The summed E-state index contributed by atoms with van der Waals surface area (Å²) in [6, 6.07) is 15.3.